The van der Waals surface area contributed by atoms with Gasteiger partial charge in [-0.2, -0.15) is 4.98 Å². The second-order valence-corrected chi connectivity index (χ2v) is 10.1. The summed E-state index contributed by atoms with van der Waals surface area (Å²) >= 11 is 1.58. The fourth-order valence-electron chi connectivity index (χ4n) is 3.56. The first-order valence-electron chi connectivity index (χ1n) is 11.2. The highest BCUT2D eigenvalue weighted by atomic mass is 32.1. The van der Waals surface area contributed by atoms with Gasteiger partial charge >= 0.3 is 6.09 Å². The van der Waals surface area contributed by atoms with Gasteiger partial charge in [0.25, 0.3) is 5.91 Å². The Balaban J connectivity index is 1.23. The molecular formula is C24H29N5O4S. The molecule has 10 heteroatoms. The van der Waals surface area contributed by atoms with Crippen LogP contribution < -0.4 is 5.32 Å². The maximum Gasteiger partial charge on any atom is 0.407 e. The second kappa shape index (κ2) is 10.4. The molecule has 0 unspecified atom stereocenters. The zero-order valence-corrected chi connectivity index (χ0v) is 20.4. The number of nitrogens with one attached hydrogen (secondary N) is 1. The van der Waals surface area contributed by atoms with Gasteiger partial charge in [-0.25, -0.2) is 4.79 Å². The van der Waals surface area contributed by atoms with Gasteiger partial charge < -0.3 is 19.5 Å². The third-order valence-corrected chi connectivity index (χ3v) is 6.13. The highest BCUT2D eigenvalue weighted by Gasteiger charge is 2.24. The summed E-state index contributed by atoms with van der Waals surface area (Å²) in [4.78, 5) is 34.2. The fourth-order valence-corrected chi connectivity index (χ4v) is 4.21. The summed E-state index contributed by atoms with van der Waals surface area (Å²) < 4.78 is 10.6. The molecule has 2 amide bonds. The van der Waals surface area contributed by atoms with Crippen molar-refractivity contribution in [1.82, 2.24) is 25.3 Å². The minimum atomic E-state index is -0.539. The Morgan fingerprint density at radius 3 is 2.50 bits per heavy atom. The predicted molar refractivity (Wildman–Crippen MR) is 128 cm³/mol. The molecule has 3 aromatic rings. The SMILES string of the molecule is CC(C)(C)OC(=O)NCc1ccc(C(=O)N2CCN(Cc3nc(-c4cccs4)no3)CC2)cc1. The number of carbonyl (C=O) groups is 2. The number of alkyl carbamates (subject to hydrolysis) is 1. The Bertz CT molecular complexity index is 1100. The van der Waals surface area contributed by atoms with Crippen LogP contribution in [0.5, 0.6) is 0 Å². The molecule has 1 aliphatic heterocycles. The lowest BCUT2D eigenvalue weighted by Gasteiger charge is -2.34. The van der Waals surface area contributed by atoms with Gasteiger partial charge in [-0.15, -0.1) is 11.3 Å². The number of piperazine rings is 1. The molecule has 9 nitrogen and oxygen atoms in total. The van der Waals surface area contributed by atoms with Gasteiger partial charge in [-0.3, -0.25) is 9.69 Å². The number of thiophene rings is 1. The van der Waals surface area contributed by atoms with E-state index in [0.717, 1.165) is 23.5 Å². The maximum atomic E-state index is 12.9. The molecule has 180 valence electrons. The Labute approximate surface area is 202 Å². The predicted octanol–water partition coefficient (Wildman–Crippen LogP) is 3.78. The molecule has 34 heavy (non-hydrogen) atoms. The molecule has 1 fully saturated rings. The molecule has 0 saturated carbocycles. The van der Waals surface area contributed by atoms with Gasteiger partial charge in [0.05, 0.1) is 11.4 Å². The molecule has 0 atom stereocenters. The van der Waals surface area contributed by atoms with E-state index in [-0.39, 0.29) is 5.91 Å². The summed E-state index contributed by atoms with van der Waals surface area (Å²) in [6, 6.07) is 11.2. The summed E-state index contributed by atoms with van der Waals surface area (Å²) in [5, 5.41) is 8.76. The molecule has 0 aliphatic carbocycles. The van der Waals surface area contributed by atoms with Crippen LogP contribution in [0.1, 0.15) is 42.6 Å². The number of ether oxygens (including phenoxy) is 1. The van der Waals surface area contributed by atoms with E-state index in [4.69, 9.17) is 9.26 Å². The zero-order valence-electron chi connectivity index (χ0n) is 19.6. The number of hydrogen-bond donors (Lipinski definition) is 1. The van der Waals surface area contributed by atoms with Crippen molar-refractivity contribution in [3.63, 3.8) is 0 Å². The molecule has 4 rings (SSSR count). The van der Waals surface area contributed by atoms with Gasteiger partial charge in [-0.05, 0) is 49.9 Å². The molecule has 1 N–H and O–H groups in total. The van der Waals surface area contributed by atoms with Crippen molar-refractivity contribution in [2.45, 2.75) is 39.5 Å². The quantitative estimate of drug-likeness (QED) is 0.569. The molecule has 0 spiro atoms. The zero-order chi connectivity index (χ0) is 24.1. The smallest absolute Gasteiger partial charge is 0.407 e. The Kier molecular flexibility index (Phi) is 7.28. The summed E-state index contributed by atoms with van der Waals surface area (Å²) in [7, 11) is 0. The van der Waals surface area contributed by atoms with E-state index < -0.39 is 11.7 Å². The van der Waals surface area contributed by atoms with E-state index in [1.54, 1.807) is 23.5 Å². The first-order valence-corrected chi connectivity index (χ1v) is 12.1. The third-order valence-electron chi connectivity index (χ3n) is 5.26. The number of benzene rings is 1. The van der Waals surface area contributed by atoms with Gasteiger partial charge in [0.1, 0.15) is 5.60 Å². The van der Waals surface area contributed by atoms with Crippen LogP contribution in [-0.4, -0.2) is 63.7 Å². The van der Waals surface area contributed by atoms with Crippen LogP contribution in [0.2, 0.25) is 0 Å². The van der Waals surface area contributed by atoms with Crippen LogP contribution in [0.25, 0.3) is 10.7 Å². The van der Waals surface area contributed by atoms with Crippen molar-refractivity contribution in [2.75, 3.05) is 26.2 Å². The molecule has 1 aromatic carbocycles. The van der Waals surface area contributed by atoms with Crippen molar-refractivity contribution >= 4 is 23.3 Å². The number of amides is 2. The highest BCUT2D eigenvalue weighted by Crippen LogP contribution is 2.22. The van der Waals surface area contributed by atoms with Crippen molar-refractivity contribution in [3.05, 3.63) is 58.8 Å². The van der Waals surface area contributed by atoms with Gasteiger partial charge in [-0.1, -0.05) is 23.4 Å². The summed E-state index contributed by atoms with van der Waals surface area (Å²) in [5.74, 6) is 1.20. The summed E-state index contributed by atoms with van der Waals surface area (Å²) in [6.45, 7) is 9.10. The fraction of sp³-hybridized carbons (Fsp3) is 0.417. The van der Waals surface area contributed by atoms with E-state index in [9.17, 15) is 9.59 Å². The Morgan fingerprint density at radius 1 is 1.12 bits per heavy atom. The Hall–Kier alpha value is -3.24. The molecular weight excluding hydrogens is 454 g/mol. The first-order chi connectivity index (χ1) is 16.3. The standard InChI is InChI=1S/C24H29N5O4S/c1-24(2,3)32-23(31)25-15-17-6-8-18(9-7-17)22(30)29-12-10-28(11-13-29)16-20-26-21(27-33-20)19-5-4-14-34-19/h4-9,14H,10-13,15-16H2,1-3H3,(H,25,31). The summed E-state index contributed by atoms with van der Waals surface area (Å²) in [6.07, 6.45) is -0.464. The van der Waals surface area contributed by atoms with Crippen LogP contribution >= 0.6 is 11.3 Å². The topological polar surface area (TPSA) is 101 Å². The normalized spacial score (nSPS) is 14.7. The lowest BCUT2D eigenvalue weighted by Crippen LogP contribution is -2.48. The second-order valence-electron chi connectivity index (χ2n) is 9.11. The lowest BCUT2D eigenvalue weighted by atomic mass is 10.1. The van der Waals surface area contributed by atoms with Crippen LogP contribution in [0, 0.1) is 0 Å². The number of hydrogen-bond acceptors (Lipinski definition) is 8. The molecule has 1 saturated heterocycles. The monoisotopic (exact) mass is 483 g/mol. The van der Waals surface area contributed by atoms with E-state index in [0.29, 0.717) is 43.5 Å². The van der Waals surface area contributed by atoms with Crippen molar-refractivity contribution in [3.8, 4) is 10.7 Å². The number of nitrogens with zero attached hydrogens (tertiary/aromatic N) is 4. The largest absolute Gasteiger partial charge is 0.444 e. The van der Waals surface area contributed by atoms with Crippen LogP contribution in [0.15, 0.2) is 46.3 Å². The van der Waals surface area contributed by atoms with Gasteiger partial charge in [0.15, 0.2) is 0 Å². The average Bonchev–Trinajstić information content (AvgIpc) is 3.49. The van der Waals surface area contributed by atoms with E-state index in [1.807, 2.05) is 55.3 Å². The molecule has 0 bridgehead atoms. The molecule has 0 radical (unpaired) electrons. The molecule has 1 aliphatic rings. The van der Waals surface area contributed by atoms with E-state index >= 15 is 0 Å². The maximum absolute atomic E-state index is 12.9. The molecule has 3 heterocycles. The third kappa shape index (κ3) is 6.42. The van der Waals surface area contributed by atoms with Crippen LogP contribution in [-0.2, 0) is 17.8 Å². The van der Waals surface area contributed by atoms with Gasteiger partial charge in [0, 0.05) is 38.3 Å². The van der Waals surface area contributed by atoms with Crippen LogP contribution in [0.3, 0.4) is 0 Å². The minimum Gasteiger partial charge on any atom is -0.444 e. The van der Waals surface area contributed by atoms with Crippen molar-refractivity contribution in [2.24, 2.45) is 0 Å². The molecule has 2 aromatic heterocycles. The number of rotatable bonds is 6. The minimum absolute atomic E-state index is 0.00377. The van der Waals surface area contributed by atoms with Gasteiger partial charge in [0.2, 0.25) is 11.7 Å². The number of aromatic nitrogens is 2. The summed E-state index contributed by atoms with van der Waals surface area (Å²) in [5.41, 5.74) is 0.990. The van der Waals surface area contributed by atoms with Crippen molar-refractivity contribution in [1.29, 1.82) is 0 Å². The first kappa shape index (κ1) is 23.9. The Morgan fingerprint density at radius 2 is 1.85 bits per heavy atom. The van der Waals surface area contributed by atoms with Crippen LogP contribution in [0.4, 0.5) is 4.79 Å². The number of carbonyl (C=O) groups excluding carboxylic acids is 2. The highest BCUT2D eigenvalue weighted by molar-refractivity contribution is 7.13. The van der Waals surface area contributed by atoms with E-state index in [2.05, 4.69) is 20.4 Å². The van der Waals surface area contributed by atoms with E-state index in [1.165, 1.54) is 0 Å². The van der Waals surface area contributed by atoms with Crippen molar-refractivity contribution < 1.29 is 18.8 Å². The lowest BCUT2D eigenvalue weighted by molar-refractivity contribution is 0.0522. The average molecular weight is 484 g/mol.